The lowest BCUT2D eigenvalue weighted by Crippen LogP contribution is -2.55. The van der Waals surface area contributed by atoms with E-state index in [1.807, 2.05) is 6.92 Å². The van der Waals surface area contributed by atoms with Gasteiger partial charge in [-0.3, -0.25) is 4.79 Å². The Kier molecular flexibility index (Phi) is 3.24. The van der Waals surface area contributed by atoms with Gasteiger partial charge in [-0.25, -0.2) is 0 Å². The van der Waals surface area contributed by atoms with Gasteiger partial charge in [0.15, 0.2) is 0 Å². The molecule has 0 spiro atoms. The van der Waals surface area contributed by atoms with Crippen LogP contribution in [0.3, 0.4) is 0 Å². The summed E-state index contributed by atoms with van der Waals surface area (Å²) in [6.45, 7) is 3.92. The zero-order valence-corrected chi connectivity index (χ0v) is 10.5. The Morgan fingerprint density at radius 2 is 1.88 bits per heavy atom. The Balaban J connectivity index is 1.88. The van der Waals surface area contributed by atoms with E-state index in [1.165, 1.54) is 25.7 Å². The number of hydrogen-bond acceptors (Lipinski definition) is 2. The van der Waals surface area contributed by atoms with Gasteiger partial charge in [-0.2, -0.15) is 0 Å². The normalized spacial score (nSPS) is 24.2. The van der Waals surface area contributed by atoms with Gasteiger partial charge in [-0.05, 0) is 50.9 Å². The first-order valence-electron chi connectivity index (χ1n) is 6.64. The molecule has 0 aromatic rings. The number of nitrogens with one attached hydrogen (secondary N) is 1. The first-order valence-corrected chi connectivity index (χ1v) is 6.64. The molecule has 1 unspecified atom stereocenters. The van der Waals surface area contributed by atoms with Crippen LogP contribution in [0.1, 0.15) is 52.4 Å². The maximum atomic E-state index is 12.1. The van der Waals surface area contributed by atoms with E-state index in [0.29, 0.717) is 6.04 Å². The van der Waals surface area contributed by atoms with Crippen LogP contribution in [0.2, 0.25) is 0 Å². The van der Waals surface area contributed by atoms with Crippen molar-refractivity contribution in [2.45, 2.75) is 64.0 Å². The fourth-order valence-corrected chi connectivity index (χ4v) is 2.48. The van der Waals surface area contributed by atoms with E-state index >= 15 is 0 Å². The average molecular weight is 224 g/mol. The van der Waals surface area contributed by atoms with Crippen molar-refractivity contribution in [2.75, 3.05) is 0 Å². The molecule has 0 heterocycles. The van der Waals surface area contributed by atoms with Gasteiger partial charge in [-0.15, -0.1) is 0 Å². The highest BCUT2D eigenvalue weighted by Crippen LogP contribution is 2.44. The van der Waals surface area contributed by atoms with Crippen LogP contribution >= 0.6 is 0 Å². The molecule has 1 amide bonds. The monoisotopic (exact) mass is 224 g/mol. The molecule has 0 aliphatic heterocycles. The van der Waals surface area contributed by atoms with E-state index in [-0.39, 0.29) is 5.91 Å². The van der Waals surface area contributed by atoms with E-state index in [2.05, 4.69) is 12.2 Å². The van der Waals surface area contributed by atoms with Gasteiger partial charge in [0.1, 0.15) is 0 Å². The molecule has 2 aliphatic rings. The summed E-state index contributed by atoms with van der Waals surface area (Å²) in [4.78, 5) is 12.1. The van der Waals surface area contributed by atoms with E-state index in [9.17, 15) is 4.79 Å². The summed E-state index contributed by atoms with van der Waals surface area (Å²) in [6.07, 6.45) is 6.87. The molecule has 0 bridgehead atoms. The molecular weight excluding hydrogens is 200 g/mol. The van der Waals surface area contributed by atoms with Gasteiger partial charge in [0.25, 0.3) is 0 Å². The summed E-state index contributed by atoms with van der Waals surface area (Å²) in [7, 11) is 0. The molecule has 0 radical (unpaired) electrons. The third-order valence-electron chi connectivity index (χ3n) is 3.85. The summed E-state index contributed by atoms with van der Waals surface area (Å²) < 4.78 is 0. The van der Waals surface area contributed by atoms with Crippen molar-refractivity contribution < 1.29 is 4.79 Å². The van der Waals surface area contributed by atoms with Crippen molar-refractivity contribution in [3.05, 3.63) is 0 Å². The molecule has 3 nitrogen and oxygen atoms in total. The second kappa shape index (κ2) is 4.36. The van der Waals surface area contributed by atoms with E-state index < -0.39 is 5.54 Å². The molecule has 0 aromatic carbocycles. The molecular formula is C13H24N2O. The van der Waals surface area contributed by atoms with Gasteiger partial charge < -0.3 is 11.1 Å². The lowest BCUT2D eigenvalue weighted by molar-refractivity contribution is -0.127. The van der Waals surface area contributed by atoms with Crippen molar-refractivity contribution in [2.24, 2.45) is 17.6 Å². The first kappa shape index (κ1) is 11.9. The van der Waals surface area contributed by atoms with Gasteiger partial charge in [0.2, 0.25) is 5.91 Å². The summed E-state index contributed by atoms with van der Waals surface area (Å²) in [5.74, 6) is 1.54. The number of rotatable bonds is 6. The minimum absolute atomic E-state index is 0.0538. The minimum atomic E-state index is -0.684. The van der Waals surface area contributed by atoms with Crippen molar-refractivity contribution in [3.8, 4) is 0 Å². The molecule has 3 N–H and O–H groups in total. The maximum absolute atomic E-state index is 12.1. The van der Waals surface area contributed by atoms with Crippen LogP contribution in [0.4, 0.5) is 0 Å². The predicted octanol–water partition coefficient (Wildman–Crippen LogP) is 1.81. The van der Waals surface area contributed by atoms with Crippen molar-refractivity contribution in [1.82, 2.24) is 5.32 Å². The van der Waals surface area contributed by atoms with Crippen LogP contribution in [0, 0.1) is 11.8 Å². The first-order chi connectivity index (χ1) is 7.54. The number of carbonyl (C=O) groups is 1. The fourth-order valence-electron chi connectivity index (χ4n) is 2.48. The Morgan fingerprint density at radius 1 is 1.38 bits per heavy atom. The molecule has 2 rings (SSSR count). The van der Waals surface area contributed by atoms with Crippen LogP contribution in [0.25, 0.3) is 0 Å². The van der Waals surface area contributed by atoms with E-state index in [1.54, 1.807) is 0 Å². The summed E-state index contributed by atoms with van der Waals surface area (Å²) >= 11 is 0. The molecule has 2 fully saturated rings. The SMILES string of the molecule is CCCC(C)(N)C(=O)NC(C1CC1)C1CC1. The molecule has 2 aliphatic carbocycles. The molecule has 3 heteroatoms. The van der Waals surface area contributed by atoms with Gasteiger partial charge >= 0.3 is 0 Å². The standard InChI is InChI=1S/C13H24N2O/c1-3-8-13(2,14)12(16)15-11(9-4-5-9)10-6-7-10/h9-11H,3-8,14H2,1-2H3,(H,15,16). The van der Waals surface area contributed by atoms with Gasteiger partial charge in [-0.1, -0.05) is 13.3 Å². The van der Waals surface area contributed by atoms with Crippen LogP contribution in [0.5, 0.6) is 0 Å². The smallest absolute Gasteiger partial charge is 0.240 e. The lowest BCUT2D eigenvalue weighted by atomic mass is 9.95. The van der Waals surface area contributed by atoms with E-state index in [0.717, 1.165) is 24.7 Å². The highest BCUT2D eigenvalue weighted by atomic mass is 16.2. The largest absolute Gasteiger partial charge is 0.351 e. The number of amides is 1. The van der Waals surface area contributed by atoms with Crippen molar-refractivity contribution >= 4 is 5.91 Å². The number of hydrogen-bond donors (Lipinski definition) is 2. The van der Waals surface area contributed by atoms with Gasteiger partial charge in [0.05, 0.1) is 5.54 Å². The summed E-state index contributed by atoms with van der Waals surface area (Å²) in [6, 6.07) is 0.423. The number of nitrogens with two attached hydrogens (primary N) is 1. The third-order valence-corrected chi connectivity index (χ3v) is 3.85. The average Bonchev–Trinajstić information content (AvgIpc) is 3.05. The Labute approximate surface area is 98.2 Å². The molecule has 92 valence electrons. The predicted molar refractivity (Wildman–Crippen MR) is 64.9 cm³/mol. The zero-order valence-electron chi connectivity index (χ0n) is 10.5. The minimum Gasteiger partial charge on any atom is -0.351 e. The summed E-state index contributed by atoms with van der Waals surface area (Å²) in [5, 5.41) is 3.20. The topological polar surface area (TPSA) is 55.1 Å². The Hall–Kier alpha value is -0.570. The van der Waals surface area contributed by atoms with E-state index in [4.69, 9.17) is 5.73 Å². The van der Waals surface area contributed by atoms with Gasteiger partial charge in [0, 0.05) is 6.04 Å². The van der Waals surface area contributed by atoms with Crippen LogP contribution in [-0.4, -0.2) is 17.5 Å². The molecule has 0 saturated heterocycles. The Morgan fingerprint density at radius 3 is 2.25 bits per heavy atom. The molecule has 1 atom stereocenters. The highest BCUT2D eigenvalue weighted by molar-refractivity contribution is 5.85. The highest BCUT2D eigenvalue weighted by Gasteiger charge is 2.43. The molecule has 16 heavy (non-hydrogen) atoms. The lowest BCUT2D eigenvalue weighted by Gasteiger charge is -2.27. The van der Waals surface area contributed by atoms with Crippen LogP contribution < -0.4 is 11.1 Å². The molecule has 2 saturated carbocycles. The summed E-state index contributed by atoms with van der Waals surface area (Å²) in [5.41, 5.74) is 5.36. The van der Waals surface area contributed by atoms with Crippen LogP contribution in [0.15, 0.2) is 0 Å². The second-order valence-corrected chi connectivity index (χ2v) is 5.84. The fraction of sp³-hybridized carbons (Fsp3) is 0.923. The zero-order chi connectivity index (χ0) is 11.8. The second-order valence-electron chi connectivity index (χ2n) is 5.84. The van der Waals surface area contributed by atoms with Crippen LogP contribution in [-0.2, 0) is 4.79 Å². The maximum Gasteiger partial charge on any atom is 0.240 e. The van der Waals surface area contributed by atoms with Crippen molar-refractivity contribution in [1.29, 1.82) is 0 Å². The third kappa shape index (κ3) is 2.76. The van der Waals surface area contributed by atoms with Crippen molar-refractivity contribution in [3.63, 3.8) is 0 Å². The quantitative estimate of drug-likeness (QED) is 0.723. The molecule has 0 aromatic heterocycles. The number of carbonyl (C=O) groups excluding carboxylic acids is 1. The Bertz CT molecular complexity index is 255.